The summed E-state index contributed by atoms with van der Waals surface area (Å²) in [6, 6.07) is -0.912. The number of hydrogen-bond acceptors (Lipinski definition) is 13. The molecule has 0 bridgehead atoms. The van der Waals surface area contributed by atoms with E-state index in [9.17, 15) is 45.6 Å². The Kier molecular flexibility index (Phi) is 49.2. The molecule has 0 aromatic carbocycles. The zero-order valence-electron chi connectivity index (χ0n) is 51.8. The van der Waals surface area contributed by atoms with E-state index in [1.165, 1.54) is 238 Å². The lowest BCUT2D eigenvalue weighted by Gasteiger charge is -2.46. The Labute approximate surface area is 494 Å². The summed E-state index contributed by atoms with van der Waals surface area (Å²) in [5, 5.41) is 87.3. The van der Waals surface area contributed by atoms with E-state index >= 15 is 0 Å². The van der Waals surface area contributed by atoms with E-state index in [1.54, 1.807) is 6.08 Å². The predicted octanol–water partition coefficient (Wildman–Crippen LogP) is 13.2. The van der Waals surface area contributed by atoms with Gasteiger partial charge in [0.1, 0.15) is 48.8 Å². The molecule has 478 valence electrons. The third kappa shape index (κ3) is 37.6. The molecule has 2 rings (SSSR count). The van der Waals surface area contributed by atoms with Gasteiger partial charge in [0.2, 0.25) is 5.91 Å². The lowest BCUT2D eigenvalue weighted by atomic mass is 9.97. The summed E-state index contributed by atoms with van der Waals surface area (Å²) >= 11 is 0. The Morgan fingerprint density at radius 3 is 1.17 bits per heavy atom. The Morgan fingerprint density at radius 2 is 0.778 bits per heavy atom. The average molecular weight is 1150 g/mol. The van der Waals surface area contributed by atoms with Crippen molar-refractivity contribution in [2.24, 2.45) is 0 Å². The minimum absolute atomic E-state index is 0.233. The quantitative estimate of drug-likeness (QED) is 0.0204. The van der Waals surface area contributed by atoms with Gasteiger partial charge in [-0.25, -0.2) is 0 Å². The fourth-order valence-electron chi connectivity index (χ4n) is 11.4. The first-order chi connectivity index (χ1) is 39.6. The molecule has 9 N–H and O–H groups in total. The van der Waals surface area contributed by atoms with Gasteiger partial charge in [-0.3, -0.25) is 4.79 Å². The Balaban J connectivity index is 1.67. The highest BCUT2D eigenvalue weighted by Gasteiger charge is 2.51. The Hall–Kier alpha value is -1.53. The van der Waals surface area contributed by atoms with Crippen molar-refractivity contribution in [3.05, 3.63) is 24.3 Å². The number of aliphatic hydroxyl groups is 8. The zero-order valence-corrected chi connectivity index (χ0v) is 51.8. The summed E-state index contributed by atoms with van der Waals surface area (Å²) in [5.41, 5.74) is 0. The van der Waals surface area contributed by atoms with Gasteiger partial charge in [-0.1, -0.05) is 276 Å². The number of amides is 1. The van der Waals surface area contributed by atoms with Gasteiger partial charge < -0.3 is 65.1 Å². The molecule has 0 radical (unpaired) electrons. The average Bonchev–Trinajstić information content (AvgIpc) is 3.47. The van der Waals surface area contributed by atoms with E-state index in [1.807, 2.05) is 6.08 Å². The number of hydrogen-bond donors (Lipinski definition) is 9. The van der Waals surface area contributed by atoms with Gasteiger partial charge in [-0.05, 0) is 44.9 Å². The number of carbonyl (C=O) groups is 1. The topological polar surface area (TPSA) is 228 Å². The first-order valence-electron chi connectivity index (χ1n) is 34.1. The third-order valence-electron chi connectivity index (χ3n) is 16.9. The molecule has 2 saturated heterocycles. The van der Waals surface area contributed by atoms with Crippen LogP contribution in [-0.2, 0) is 23.7 Å². The second-order valence-corrected chi connectivity index (χ2v) is 24.3. The Bertz CT molecular complexity index is 1450. The third-order valence-corrected chi connectivity index (χ3v) is 16.9. The molecule has 14 nitrogen and oxygen atoms in total. The van der Waals surface area contributed by atoms with Gasteiger partial charge in [0.25, 0.3) is 0 Å². The number of rotatable bonds is 56. The maximum absolute atomic E-state index is 13.3. The smallest absolute Gasteiger partial charge is 0.220 e. The number of unbranched alkanes of at least 4 members (excludes halogenated alkanes) is 41. The summed E-state index contributed by atoms with van der Waals surface area (Å²) in [7, 11) is 0. The summed E-state index contributed by atoms with van der Waals surface area (Å²) in [6.45, 7) is 2.84. The lowest BCUT2D eigenvalue weighted by Crippen LogP contribution is -2.65. The summed E-state index contributed by atoms with van der Waals surface area (Å²) in [6.07, 6.45) is 48.0. The molecule has 2 aliphatic rings. The van der Waals surface area contributed by atoms with Crippen molar-refractivity contribution < 1.29 is 64.6 Å². The number of aliphatic hydroxyl groups excluding tert-OH is 8. The molecule has 2 fully saturated rings. The van der Waals surface area contributed by atoms with Gasteiger partial charge in [0, 0.05) is 6.42 Å². The van der Waals surface area contributed by atoms with Crippen LogP contribution in [0.2, 0.25) is 0 Å². The molecule has 81 heavy (non-hydrogen) atoms. The second-order valence-electron chi connectivity index (χ2n) is 24.3. The van der Waals surface area contributed by atoms with E-state index in [0.717, 1.165) is 38.5 Å². The summed E-state index contributed by atoms with van der Waals surface area (Å²) in [5.74, 6) is -0.233. The summed E-state index contributed by atoms with van der Waals surface area (Å²) in [4.78, 5) is 13.3. The lowest BCUT2D eigenvalue weighted by molar-refractivity contribution is -0.359. The molecule has 2 heterocycles. The molecule has 0 aromatic heterocycles. The molecule has 12 atom stereocenters. The Morgan fingerprint density at radius 1 is 0.432 bits per heavy atom. The minimum atomic E-state index is -1.79. The molecule has 0 saturated carbocycles. The molecule has 2 aliphatic heterocycles. The van der Waals surface area contributed by atoms with Gasteiger partial charge in [-0.15, -0.1) is 0 Å². The van der Waals surface area contributed by atoms with Crippen LogP contribution in [0.5, 0.6) is 0 Å². The maximum Gasteiger partial charge on any atom is 0.220 e. The van der Waals surface area contributed by atoms with Crippen LogP contribution in [-0.4, -0.2) is 140 Å². The van der Waals surface area contributed by atoms with Crippen LogP contribution in [0.1, 0.15) is 303 Å². The standard InChI is InChI=1S/C67H127NO13/c1-3-5-7-9-11-13-15-17-19-21-23-24-25-26-27-28-29-30-31-32-33-35-37-39-41-43-45-47-49-51-59(72)68-55(56(71)50-48-46-44-42-40-38-36-34-22-20-18-16-14-12-10-8-6-4-2)54-78-66-64(77)62(75)65(58(53-70)80-66)81-67-63(76)61(74)60(73)57(52-69)79-67/h21,23,48,50,55-58,60-67,69-71,73-77H,3-20,22,24-47,49,51-54H2,1-2H3,(H,68,72)/b23-21-,50-48+. The maximum atomic E-state index is 13.3. The first-order valence-corrected chi connectivity index (χ1v) is 34.1. The number of nitrogens with one attached hydrogen (secondary N) is 1. The van der Waals surface area contributed by atoms with Crippen LogP contribution in [0.3, 0.4) is 0 Å². The van der Waals surface area contributed by atoms with Crippen molar-refractivity contribution in [3.63, 3.8) is 0 Å². The van der Waals surface area contributed by atoms with Crippen LogP contribution in [0.15, 0.2) is 24.3 Å². The molecule has 0 aliphatic carbocycles. The van der Waals surface area contributed by atoms with Gasteiger partial charge in [0.15, 0.2) is 12.6 Å². The van der Waals surface area contributed by atoms with Gasteiger partial charge in [0.05, 0.1) is 32.0 Å². The van der Waals surface area contributed by atoms with Crippen LogP contribution in [0.4, 0.5) is 0 Å². The van der Waals surface area contributed by atoms with Crippen LogP contribution in [0.25, 0.3) is 0 Å². The van der Waals surface area contributed by atoms with Crippen molar-refractivity contribution in [2.75, 3.05) is 19.8 Å². The van der Waals surface area contributed by atoms with E-state index in [-0.39, 0.29) is 18.9 Å². The number of ether oxygens (including phenoxy) is 4. The number of allylic oxidation sites excluding steroid dienone is 3. The van der Waals surface area contributed by atoms with Crippen LogP contribution >= 0.6 is 0 Å². The monoisotopic (exact) mass is 1150 g/mol. The van der Waals surface area contributed by atoms with Crippen molar-refractivity contribution >= 4 is 5.91 Å². The molecular weight excluding hydrogens is 1030 g/mol. The van der Waals surface area contributed by atoms with Gasteiger partial charge in [-0.2, -0.15) is 0 Å². The largest absolute Gasteiger partial charge is 0.394 e. The minimum Gasteiger partial charge on any atom is -0.394 e. The zero-order chi connectivity index (χ0) is 58.8. The highest BCUT2D eigenvalue weighted by Crippen LogP contribution is 2.30. The molecule has 12 unspecified atom stereocenters. The van der Waals surface area contributed by atoms with Crippen molar-refractivity contribution in [1.82, 2.24) is 5.32 Å². The highest BCUT2D eigenvalue weighted by molar-refractivity contribution is 5.76. The summed E-state index contributed by atoms with van der Waals surface area (Å²) < 4.78 is 22.8. The van der Waals surface area contributed by atoms with E-state index in [0.29, 0.717) is 6.42 Å². The molecule has 1 amide bonds. The van der Waals surface area contributed by atoms with Crippen LogP contribution < -0.4 is 5.32 Å². The molecule has 0 spiro atoms. The van der Waals surface area contributed by atoms with Gasteiger partial charge >= 0.3 is 0 Å². The normalized spacial score (nSPS) is 24.2. The molecule has 0 aromatic rings. The number of carbonyl (C=O) groups excluding carboxylic acids is 1. The molecular formula is C67H127NO13. The van der Waals surface area contributed by atoms with Crippen LogP contribution in [0, 0.1) is 0 Å². The molecule has 14 heteroatoms. The fourth-order valence-corrected chi connectivity index (χ4v) is 11.4. The van der Waals surface area contributed by atoms with E-state index in [4.69, 9.17) is 18.9 Å². The van der Waals surface area contributed by atoms with Crippen molar-refractivity contribution in [1.29, 1.82) is 0 Å². The second kappa shape index (κ2) is 52.8. The highest BCUT2D eigenvalue weighted by atomic mass is 16.7. The fraction of sp³-hybridized carbons (Fsp3) is 0.925. The SMILES string of the molecule is CCCCCCCCCC/C=C\CCCCCCCCCCCCCCCCCCCC(=O)NC(COC1OC(CO)C(OC2OC(CO)C(O)C(O)C2O)C(O)C1O)C(O)/C=C/CCCCCCCCCCCCCCCCCC. The van der Waals surface area contributed by atoms with E-state index in [2.05, 4.69) is 31.3 Å². The first kappa shape index (κ1) is 75.6. The predicted molar refractivity (Wildman–Crippen MR) is 328 cm³/mol. The van der Waals surface area contributed by atoms with Crippen molar-refractivity contribution in [2.45, 2.75) is 376 Å². The van der Waals surface area contributed by atoms with E-state index < -0.39 is 86.8 Å². The van der Waals surface area contributed by atoms with Crippen molar-refractivity contribution in [3.8, 4) is 0 Å².